The second-order valence-corrected chi connectivity index (χ2v) is 4.14. The highest BCUT2D eigenvalue weighted by Gasteiger charge is 1.94. The maximum absolute atomic E-state index is 2.41. The quantitative estimate of drug-likeness (QED) is 0.338. The van der Waals surface area contributed by atoms with Crippen molar-refractivity contribution < 1.29 is 0 Å². The Hall–Kier alpha value is -0.260. The van der Waals surface area contributed by atoms with Gasteiger partial charge in [-0.1, -0.05) is 64.5 Å². The smallest absolute Gasteiger partial charge is 0.0320 e. The summed E-state index contributed by atoms with van der Waals surface area (Å²) in [6, 6.07) is 0. The van der Waals surface area contributed by atoms with E-state index >= 15 is 0 Å². The van der Waals surface area contributed by atoms with Gasteiger partial charge in [0.05, 0.1) is 0 Å². The molecule has 0 rings (SSSR count). The molecule has 0 heterocycles. The average Bonchev–Trinajstić information content (AvgIpc) is 2.21. The third-order valence-corrected chi connectivity index (χ3v) is 2.80. The van der Waals surface area contributed by atoms with Gasteiger partial charge < -0.3 is 0 Å². The lowest BCUT2D eigenvalue weighted by atomic mass is 10.0. The molecule has 0 saturated heterocycles. The molecule has 0 nitrogen and oxygen atoms in total. The van der Waals surface area contributed by atoms with Crippen LogP contribution in [0.1, 0.15) is 78.6 Å². The monoisotopic (exact) mass is 196 g/mol. The Morgan fingerprint density at radius 1 is 0.857 bits per heavy atom. The molecule has 0 aromatic carbocycles. The fraction of sp³-hybridized carbons (Fsp3) is 0.857. The first-order valence-corrected chi connectivity index (χ1v) is 6.53. The molecule has 0 radical (unpaired) electrons. The molecule has 0 heteroatoms. The highest BCUT2D eigenvalue weighted by molar-refractivity contribution is 5.00. The van der Waals surface area contributed by atoms with Crippen molar-refractivity contribution in [2.24, 2.45) is 0 Å². The van der Waals surface area contributed by atoms with Crippen molar-refractivity contribution >= 4 is 0 Å². The molecule has 0 saturated carbocycles. The zero-order chi connectivity index (χ0) is 10.6. The van der Waals surface area contributed by atoms with Crippen molar-refractivity contribution in [1.29, 1.82) is 0 Å². The lowest BCUT2D eigenvalue weighted by Gasteiger charge is -2.04. The van der Waals surface area contributed by atoms with Gasteiger partial charge in [-0.3, -0.25) is 0 Å². The first kappa shape index (κ1) is 13.7. The van der Waals surface area contributed by atoms with Crippen molar-refractivity contribution in [3.8, 4) is 0 Å². The third kappa shape index (κ3) is 8.34. The molecule has 0 unspecified atom stereocenters. The van der Waals surface area contributed by atoms with Crippen LogP contribution in [0.5, 0.6) is 0 Å². The minimum absolute atomic E-state index is 1.21. The van der Waals surface area contributed by atoms with Crippen LogP contribution >= 0.6 is 0 Å². The molecule has 0 aromatic heterocycles. The van der Waals surface area contributed by atoms with Gasteiger partial charge in [-0.25, -0.2) is 0 Å². The van der Waals surface area contributed by atoms with E-state index in [0.29, 0.717) is 0 Å². The van der Waals surface area contributed by atoms with Gasteiger partial charge in [0, 0.05) is 0 Å². The summed E-state index contributed by atoms with van der Waals surface area (Å²) < 4.78 is 0. The summed E-state index contributed by atoms with van der Waals surface area (Å²) in [6.45, 7) is 6.79. The molecule has 0 fully saturated rings. The van der Waals surface area contributed by atoms with Crippen molar-refractivity contribution in [1.82, 2.24) is 0 Å². The van der Waals surface area contributed by atoms with Crippen LogP contribution in [-0.2, 0) is 0 Å². The molecule has 84 valence electrons. The molecular weight excluding hydrogens is 168 g/mol. The number of rotatable bonds is 9. The SMILES string of the molecule is CCC=C(CC)CCCCCCCC. The molecule has 0 spiro atoms. The largest absolute Gasteiger partial charge is 0.0856 e. The molecular formula is C14H28. The molecule has 0 amide bonds. The van der Waals surface area contributed by atoms with Crippen LogP contribution in [0.4, 0.5) is 0 Å². The number of hydrogen-bond donors (Lipinski definition) is 0. The van der Waals surface area contributed by atoms with Crippen LogP contribution in [0.25, 0.3) is 0 Å². The molecule has 0 bridgehead atoms. The predicted octanol–water partition coefficient (Wildman–Crippen LogP) is 5.48. The Labute approximate surface area is 90.8 Å². The topological polar surface area (TPSA) is 0 Å². The van der Waals surface area contributed by atoms with Crippen LogP contribution in [-0.4, -0.2) is 0 Å². The number of unbranched alkanes of at least 4 members (excludes halogenated alkanes) is 5. The van der Waals surface area contributed by atoms with Gasteiger partial charge in [-0.2, -0.15) is 0 Å². The van der Waals surface area contributed by atoms with Gasteiger partial charge in [0.15, 0.2) is 0 Å². The standard InChI is InChI=1S/C14H28/c1-4-7-8-9-10-11-13-14(6-3)12-5-2/h12H,4-11,13H2,1-3H3. The van der Waals surface area contributed by atoms with Gasteiger partial charge in [-0.05, 0) is 25.7 Å². The lowest BCUT2D eigenvalue weighted by molar-refractivity contribution is 0.603. The van der Waals surface area contributed by atoms with E-state index in [4.69, 9.17) is 0 Å². The minimum atomic E-state index is 1.21. The van der Waals surface area contributed by atoms with Gasteiger partial charge in [0.2, 0.25) is 0 Å². The first-order valence-electron chi connectivity index (χ1n) is 6.53. The summed E-state index contributed by atoms with van der Waals surface area (Å²) in [5.74, 6) is 0. The summed E-state index contributed by atoms with van der Waals surface area (Å²) in [4.78, 5) is 0. The van der Waals surface area contributed by atoms with Gasteiger partial charge >= 0.3 is 0 Å². The normalized spacial score (nSPS) is 12.1. The fourth-order valence-corrected chi connectivity index (χ4v) is 1.84. The van der Waals surface area contributed by atoms with Crippen LogP contribution in [0.2, 0.25) is 0 Å². The molecule has 0 aliphatic rings. The Morgan fingerprint density at radius 2 is 1.50 bits per heavy atom. The molecule has 0 atom stereocenters. The van der Waals surface area contributed by atoms with Crippen molar-refractivity contribution in [2.45, 2.75) is 78.6 Å². The Bertz CT molecular complexity index is 133. The maximum atomic E-state index is 2.41. The van der Waals surface area contributed by atoms with Crippen LogP contribution < -0.4 is 0 Å². The van der Waals surface area contributed by atoms with E-state index in [0.717, 1.165) is 0 Å². The Balaban J connectivity index is 3.29. The summed E-state index contributed by atoms with van der Waals surface area (Å²) in [5, 5.41) is 0. The second-order valence-electron chi connectivity index (χ2n) is 4.14. The van der Waals surface area contributed by atoms with E-state index in [9.17, 15) is 0 Å². The fourth-order valence-electron chi connectivity index (χ4n) is 1.84. The third-order valence-electron chi connectivity index (χ3n) is 2.80. The van der Waals surface area contributed by atoms with E-state index in [1.165, 1.54) is 57.8 Å². The molecule has 0 aromatic rings. The Morgan fingerprint density at radius 3 is 2.07 bits per heavy atom. The van der Waals surface area contributed by atoms with Crippen molar-refractivity contribution in [3.63, 3.8) is 0 Å². The van der Waals surface area contributed by atoms with Gasteiger partial charge in [0.1, 0.15) is 0 Å². The lowest BCUT2D eigenvalue weighted by Crippen LogP contribution is -1.84. The zero-order valence-corrected chi connectivity index (χ0v) is 10.4. The molecule has 14 heavy (non-hydrogen) atoms. The molecule has 0 N–H and O–H groups in total. The molecule has 0 aliphatic carbocycles. The van der Waals surface area contributed by atoms with Crippen molar-refractivity contribution in [2.75, 3.05) is 0 Å². The van der Waals surface area contributed by atoms with Crippen molar-refractivity contribution in [3.05, 3.63) is 11.6 Å². The summed E-state index contributed by atoms with van der Waals surface area (Å²) in [5.41, 5.74) is 1.67. The molecule has 0 aliphatic heterocycles. The highest BCUT2D eigenvalue weighted by Crippen LogP contribution is 2.14. The van der Waals surface area contributed by atoms with E-state index in [2.05, 4.69) is 26.8 Å². The van der Waals surface area contributed by atoms with E-state index in [1.54, 1.807) is 5.57 Å². The van der Waals surface area contributed by atoms with Gasteiger partial charge in [-0.15, -0.1) is 0 Å². The van der Waals surface area contributed by atoms with E-state index in [-0.39, 0.29) is 0 Å². The van der Waals surface area contributed by atoms with Gasteiger partial charge in [0.25, 0.3) is 0 Å². The summed E-state index contributed by atoms with van der Waals surface area (Å²) in [6.07, 6.45) is 14.7. The minimum Gasteiger partial charge on any atom is -0.0856 e. The van der Waals surface area contributed by atoms with Crippen LogP contribution in [0.15, 0.2) is 11.6 Å². The number of allylic oxidation sites excluding steroid dienone is 2. The predicted molar refractivity (Wildman–Crippen MR) is 66.7 cm³/mol. The summed E-state index contributed by atoms with van der Waals surface area (Å²) >= 11 is 0. The second kappa shape index (κ2) is 10.8. The first-order chi connectivity index (χ1) is 6.85. The van der Waals surface area contributed by atoms with E-state index < -0.39 is 0 Å². The van der Waals surface area contributed by atoms with Crippen LogP contribution in [0, 0.1) is 0 Å². The zero-order valence-electron chi connectivity index (χ0n) is 10.4. The van der Waals surface area contributed by atoms with E-state index in [1.807, 2.05) is 0 Å². The number of hydrogen-bond acceptors (Lipinski definition) is 0. The highest BCUT2D eigenvalue weighted by atomic mass is 14.0. The Kier molecular flexibility index (Phi) is 10.6. The maximum Gasteiger partial charge on any atom is -0.0320 e. The van der Waals surface area contributed by atoms with Crippen LogP contribution in [0.3, 0.4) is 0 Å². The average molecular weight is 196 g/mol. The summed E-state index contributed by atoms with van der Waals surface area (Å²) in [7, 11) is 0.